The smallest absolute Gasteiger partial charge is 0.246 e. The van der Waals surface area contributed by atoms with Crippen molar-refractivity contribution in [1.29, 1.82) is 0 Å². The standard InChI is InChI=1S/2C25H32N4O3.C15H21NO2.C12H19NO.C11H14O2.C8H8O2.C7H8O.ClH/c2*1-6-12-32-22-17(2)8-7-9-19(22)16-29(5)21(30)11-10-18-13-20-15-27-25(3,4)24(31)28-23(20)26-14-18;1-5-10-18-15-12(3)8-7-9-13(15)11-16(4)14(17)6-2;1-4-8-14-12-10(2)6-5-7-11(12)9-13-3;1-3-7-13-11-9(2)5-4-6-10(11)8-12;1-6-3-2-4-7(5-9)8(6)10;1-6-4-2-3-5-7(6)8;/h2*7-11,13-14,27H,6,12,15-16H2,1-5H3,(H,26,28,31);6-9H,2,5,10-11H2,1,3-4H3;5-7,13H,4,8-9H2,1-3H3;4-6,8H,3,7H2,1-2H3;2-5,10H,1H3;2-5,8H,1H3;1H/b2*11-10+;;;;;;. The number of ether oxygens (including phenoxy) is 5. The molecule has 2 aromatic heterocycles. The number of aldehydes is 2. The van der Waals surface area contributed by atoms with E-state index in [1.165, 1.54) is 17.2 Å². The molecule has 2 aliphatic heterocycles. The molecule has 0 spiro atoms. The highest BCUT2D eigenvalue weighted by molar-refractivity contribution is 5.99. The van der Waals surface area contributed by atoms with Crippen molar-refractivity contribution in [3.8, 4) is 40.2 Å². The lowest BCUT2D eigenvalue weighted by Gasteiger charge is -2.21. The number of fused-ring (bicyclic) bond motifs is 2. The molecule has 688 valence electrons. The average Bonchev–Trinajstić information content (AvgIpc) is 1.69. The third-order valence-electron chi connectivity index (χ3n) is 20.1. The highest BCUT2D eigenvalue weighted by atomic mass is 35.5. The van der Waals surface area contributed by atoms with E-state index < -0.39 is 11.1 Å². The van der Waals surface area contributed by atoms with Gasteiger partial charge in [0, 0.05) is 118 Å². The van der Waals surface area contributed by atoms with E-state index in [2.05, 4.69) is 95.9 Å². The molecule has 7 N–H and O–H groups in total. The summed E-state index contributed by atoms with van der Waals surface area (Å²) < 4.78 is 28.8. The number of aromatic hydroxyl groups is 2. The monoisotopic (exact) mass is 1770 g/mol. The molecule has 25 heteroatoms. The van der Waals surface area contributed by atoms with Gasteiger partial charge in [-0.15, -0.1) is 12.4 Å². The summed E-state index contributed by atoms with van der Waals surface area (Å²) in [4.78, 5) is 96.0. The Labute approximate surface area is 764 Å². The van der Waals surface area contributed by atoms with Gasteiger partial charge < -0.3 is 64.5 Å². The van der Waals surface area contributed by atoms with Gasteiger partial charge in [0.05, 0.1) is 55.2 Å². The van der Waals surface area contributed by atoms with Crippen LogP contribution in [0, 0.1) is 48.5 Å². The minimum Gasteiger partial charge on any atom is -0.508 e. The van der Waals surface area contributed by atoms with E-state index in [1.807, 2.05) is 173 Å². The molecule has 0 fully saturated rings. The second kappa shape index (κ2) is 55.9. The van der Waals surface area contributed by atoms with E-state index >= 15 is 0 Å². The van der Waals surface area contributed by atoms with Gasteiger partial charge in [-0.3, -0.25) is 44.2 Å². The first-order valence-corrected chi connectivity index (χ1v) is 43.2. The van der Waals surface area contributed by atoms with E-state index in [0.717, 1.165) is 153 Å². The van der Waals surface area contributed by atoms with Gasteiger partial charge in [0.1, 0.15) is 51.9 Å². The molecule has 0 unspecified atom stereocenters. The maximum absolute atomic E-state index is 12.7. The van der Waals surface area contributed by atoms with E-state index in [9.17, 15) is 33.6 Å². The number of hydrogen-bond donors (Lipinski definition) is 7. The van der Waals surface area contributed by atoms with Gasteiger partial charge in [-0.25, -0.2) is 9.97 Å². The Hall–Kier alpha value is -12.5. The number of rotatable bonds is 30. The summed E-state index contributed by atoms with van der Waals surface area (Å²) in [6.07, 6.45) is 17.5. The van der Waals surface area contributed by atoms with Crippen molar-refractivity contribution in [3.05, 3.63) is 277 Å². The molecule has 0 bridgehead atoms. The fourth-order valence-electron chi connectivity index (χ4n) is 12.5. The molecule has 9 aromatic rings. The number of benzene rings is 7. The Kier molecular flexibility index (Phi) is 47.1. The van der Waals surface area contributed by atoms with Crippen molar-refractivity contribution < 1.29 is 67.5 Å². The van der Waals surface area contributed by atoms with Crippen LogP contribution < -0.4 is 50.3 Å². The van der Waals surface area contributed by atoms with Crippen molar-refractivity contribution in [2.75, 3.05) is 71.9 Å². The first kappa shape index (κ1) is 108. The molecule has 0 saturated carbocycles. The molecule has 2 aliphatic rings. The second-order valence-corrected chi connectivity index (χ2v) is 31.9. The van der Waals surface area contributed by atoms with Crippen LogP contribution in [0.25, 0.3) is 12.2 Å². The molecule has 0 aliphatic carbocycles. The summed E-state index contributed by atoms with van der Waals surface area (Å²) in [5, 5.41) is 33.4. The maximum atomic E-state index is 12.7. The normalized spacial score (nSPS) is 12.3. The first-order valence-electron chi connectivity index (χ1n) is 43.2. The number of amides is 5. The molecule has 0 radical (unpaired) electrons. The summed E-state index contributed by atoms with van der Waals surface area (Å²) in [5.74, 6) is 5.35. The number of nitrogens with zero attached hydrogens (tertiary/aromatic N) is 5. The van der Waals surface area contributed by atoms with Crippen LogP contribution in [0.4, 0.5) is 11.6 Å². The van der Waals surface area contributed by atoms with Crippen LogP contribution in [0.15, 0.2) is 183 Å². The van der Waals surface area contributed by atoms with Gasteiger partial charge in [-0.1, -0.05) is 156 Å². The van der Waals surface area contributed by atoms with Crippen LogP contribution in [0.1, 0.15) is 199 Å². The fourth-order valence-corrected chi connectivity index (χ4v) is 12.5. The van der Waals surface area contributed by atoms with Crippen molar-refractivity contribution in [3.63, 3.8) is 0 Å². The SMILES string of the molecule is C=CC(=O)N(C)Cc1cccc(C)c1OCCC.CCCOc1c(C)cccc1C=O.CCCOc1c(C)cccc1CN(C)C(=O)/C=C/c1cnc2c(c1)CNC(C)(C)C(=O)N2.CCCOc1c(C)cccc1CN(C)C(=O)/C=C/c1cnc2c(c1)CNC(C)(C)C(=O)N2.CCCOc1c(C)cccc1CNC.Cc1cccc(C=O)c1O.Cc1ccccc1O.Cl. The topological polar surface area (TPSA) is 302 Å². The number of hydrogen-bond acceptors (Lipinski definition) is 19. The number of para-hydroxylation sites is 7. The number of anilines is 2. The summed E-state index contributed by atoms with van der Waals surface area (Å²) in [5.41, 5.74) is 14.3. The summed E-state index contributed by atoms with van der Waals surface area (Å²) in [6.45, 7) is 41.6. The molecule has 5 amide bonds. The Morgan fingerprint density at radius 2 is 0.773 bits per heavy atom. The molecule has 0 saturated heterocycles. The molecule has 128 heavy (non-hydrogen) atoms. The lowest BCUT2D eigenvalue weighted by atomic mass is 10.1. The molecular formula is C103H135ClN10O14. The number of aromatic nitrogens is 2. The minimum atomic E-state index is -0.676. The van der Waals surface area contributed by atoms with Gasteiger partial charge in [0.2, 0.25) is 29.5 Å². The van der Waals surface area contributed by atoms with Crippen LogP contribution in [0.5, 0.6) is 40.2 Å². The van der Waals surface area contributed by atoms with Crippen molar-refractivity contribution in [2.45, 2.75) is 193 Å². The predicted octanol–water partition coefficient (Wildman–Crippen LogP) is 19.0. The van der Waals surface area contributed by atoms with Crippen LogP contribution in [-0.2, 0) is 63.2 Å². The molecule has 7 aromatic carbocycles. The predicted molar refractivity (Wildman–Crippen MR) is 517 cm³/mol. The third-order valence-corrected chi connectivity index (χ3v) is 20.1. The zero-order valence-electron chi connectivity index (χ0n) is 78.5. The summed E-state index contributed by atoms with van der Waals surface area (Å²) in [6, 6.07) is 46.0. The molecular weight excluding hydrogens is 1640 g/mol. The number of phenolic OH excluding ortho intramolecular Hbond substituents is 2. The molecule has 24 nitrogen and oxygen atoms in total. The number of halogens is 1. The number of likely N-dealkylation sites (N-methyl/N-ethyl adjacent to an activating group) is 3. The zero-order valence-corrected chi connectivity index (χ0v) is 79.3. The number of phenols is 2. The van der Waals surface area contributed by atoms with E-state index in [-0.39, 0.29) is 47.7 Å². The van der Waals surface area contributed by atoms with Crippen LogP contribution in [-0.4, -0.2) is 149 Å². The molecule has 0 atom stereocenters. The number of carbonyl (C=O) groups is 7. The van der Waals surface area contributed by atoms with Crippen LogP contribution in [0.2, 0.25) is 0 Å². The minimum absolute atomic E-state index is 0. The van der Waals surface area contributed by atoms with Crippen molar-refractivity contribution >= 4 is 78.3 Å². The fraction of sp³-hybridized carbons (Fsp3) is 0.369. The Bertz CT molecular complexity index is 4980. The van der Waals surface area contributed by atoms with Crippen LogP contribution in [0.3, 0.4) is 0 Å². The lowest BCUT2D eigenvalue weighted by Crippen LogP contribution is -2.47. The van der Waals surface area contributed by atoms with E-state index in [1.54, 1.807) is 110 Å². The Balaban J connectivity index is 0.000000330. The number of aryl methyl sites for hydroxylation is 7. The number of nitrogens with one attached hydrogen (secondary N) is 5. The third kappa shape index (κ3) is 34.7. The van der Waals surface area contributed by atoms with Gasteiger partial charge in [-0.05, 0) is 214 Å². The largest absolute Gasteiger partial charge is 0.508 e. The van der Waals surface area contributed by atoms with Gasteiger partial charge in [-0.2, -0.15) is 0 Å². The second-order valence-electron chi connectivity index (χ2n) is 31.9. The van der Waals surface area contributed by atoms with Gasteiger partial charge in [0.15, 0.2) is 12.6 Å². The van der Waals surface area contributed by atoms with E-state index in [4.69, 9.17) is 33.9 Å². The number of carbonyl (C=O) groups excluding carboxylic acids is 7. The van der Waals surface area contributed by atoms with Crippen molar-refractivity contribution in [1.82, 2.24) is 40.6 Å². The highest BCUT2D eigenvalue weighted by Gasteiger charge is 2.32. The van der Waals surface area contributed by atoms with Crippen molar-refractivity contribution in [2.24, 2.45) is 0 Å². The number of pyridine rings is 2. The van der Waals surface area contributed by atoms with E-state index in [0.29, 0.717) is 93.9 Å². The lowest BCUT2D eigenvalue weighted by molar-refractivity contribution is -0.126. The highest BCUT2D eigenvalue weighted by Crippen LogP contribution is 2.31. The van der Waals surface area contributed by atoms with Crippen LogP contribution >= 0.6 is 12.4 Å². The average molecular weight is 1770 g/mol. The van der Waals surface area contributed by atoms with Gasteiger partial charge in [0.25, 0.3) is 0 Å². The molecule has 4 heterocycles. The Morgan fingerprint density at radius 3 is 1.11 bits per heavy atom. The quantitative estimate of drug-likeness (QED) is 0.0163. The zero-order chi connectivity index (χ0) is 93.8. The summed E-state index contributed by atoms with van der Waals surface area (Å²) in [7, 11) is 7.26. The Morgan fingerprint density at radius 1 is 0.453 bits per heavy atom. The van der Waals surface area contributed by atoms with Gasteiger partial charge >= 0.3 is 0 Å². The maximum Gasteiger partial charge on any atom is 0.246 e. The first-order chi connectivity index (χ1) is 60.7. The molecule has 11 rings (SSSR count). The summed E-state index contributed by atoms with van der Waals surface area (Å²) >= 11 is 0.